The first-order valence-corrected chi connectivity index (χ1v) is 13.9. The van der Waals surface area contributed by atoms with E-state index >= 15 is 0 Å². The Bertz CT molecular complexity index is 1240. The zero-order valence-corrected chi connectivity index (χ0v) is 21.8. The van der Waals surface area contributed by atoms with Gasteiger partial charge in [0.25, 0.3) is 15.9 Å². The predicted molar refractivity (Wildman–Crippen MR) is 134 cm³/mol. The highest BCUT2D eigenvalue weighted by Gasteiger charge is 2.41. The maximum atomic E-state index is 13.4. The fourth-order valence-corrected chi connectivity index (χ4v) is 6.62. The average molecular weight is 562 g/mol. The predicted octanol–water partition coefficient (Wildman–Crippen LogP) is 3.46. The van der Waals surface area contributed by atoms with E-state index in [1.807, 2.05) is 24.3 Å². The van der Waals surface area contributed by atoms with E-state index in [9.17, 15) is 22.8 Å². The summed E-state index contributed by atoms with van der Waals surface area (Å²) in [6.45, 7) is 1.56. The highest BCUT2D eigenvalue weighted by atomic mass is 79.9. The molecule has 1 aliphatic heterocycles. The van der Waals surface area contributed by atoms with E-state index in [1.54, 1.807) is 19.1 Å². The number of hydrogen-bond donors (Lipinski definition) is 1. The van der Waals surface area contributed by atoms with Crippen LogP contribution in [0.15, 0.2) is 57.9 Å². The Kier molecular flexibility index (Phi) is 7.61. The van der Waals surface area contributed by atoms with Gasteiger partial charge in [0.1, 0.15) is 10.9 Å². The molecule has 1 aliphatic carbocycles. The molecule has 0 unspecified atom stereocenters. The molecule has 2 aromatic carbocycles. The number of rotatable bonds is 8. The van der Waals surface area contributed by atoms with Crippen LogP contribution in [0.3, 0.4) is 0 Å². The lowest BCUT2D eigenvalue weighted by molar-refractivity contribution is -0.140. The summed E-state index contributed by atoms with van der Waals surface area (Å²) in [5, 5.41) is 3.04. The maximum Gasteiger partial charge on any atom is 0.269 e. The largest absolute Gasteiger partial charge is 0.352 e. The molecular weight excluding hydrogens is 534 g/mol. The molecule has 0 radical (unpaired) electrons. The average Bonchev–Trinajstić information content (AvgIpc) is 3.40. The molecule has 10 heteroatoms. The number of halogens is 1. The van der Waals surface area contributed by atoms with Crippen LogP contribution >= 0.6 is 15.9 Å². The number of nitrogens with zero attached hydrogens (tertiary/aromatic N) is 2. The Labute approximate surface area is 213 Å². The minimum atomic E-state index is -4.01. The van der Waals surface area contributed by atoms with Gasteiger partial charge in [0.15, 0.2) is 0 Å². The van der Waals surface area contributed by atoms with E-state index in [4.69, 9.17) is 0 Å². The number of sulfonamides is 1. The van der Waals surface area contributed by atoms with Crippen LogP contribution in [-0.4, -0.2) is 54.0 Å². The van der Waals surface area contributed by atoms with Gasteiger partial charge in [0.2, 0.25) is 11.8 Å². The minimum Gasteiger partial charge on any atom is -0.352 e. The maximum absolute atomic E-state index is 13.4. The molecule has 0 aromatic heterocycles. The lowest BCUT2D eigenvalue weighted by atomic mass is 10.1. The normalized spacial score (nSPS) is 17.8. The highest BCUT2D eigenvalue weighted by molar-refractivity contribution is 9.10. The highest BCUT2D eigenvalue weighted by Crippen LogP contribution is 2.30. The molecule has 4 rings (SSSR count). The van der Waals surface area contributed by atoms with Crippen molar-refractivity contribution in [3.05, 3.63) is 64.1 Å². The summed E-state index contributed by atoms with van der Waals surface area (Å²) >= 11 is 3.43. The van der Waals surface area contributed by atoms with Gasteiger partial charge in [-0.05, 0) is 49.6 Å². The molecule has 2 aromatic rings. The molecule has 3 amide bonds. The van der Waals surface area contributed by atoms with E-state index in [2.05, 4.69) is 21.2 Å². The van der Waals surface area contributed by atoms with Gasteiger partial charge >= 0.3 is 0 Å². The van der Waals surface area contributed by atoms with Crippen molar-refractivity contribution in [3.63, 3.8) is 0 Å². The Morgan fingerprint density at radius 3 is 2.54 bits per heavy atom. The van der Waals surface area contributed by atoms with Crippen molar-refractivity contribution in [3.8, 4) is 0 Å². The summed E-state index contributed by atoms with van der Waals surface area (Å²) in [4.78, 5) is 40.5. The minimum absolute atomic E-state index is 0.0484. The Hall–Kier alpha value is -2.72. The van der Waals surface area contributed by atoms with Crippen molar-refractivity contribution in [2.24, 2.45) is 0 Å². The summed E-state index contributed by atoms with van der Waals surface area (Å²) in [6.07, 6.45) is 3.76. The standard InChI is InChI=1S/C25H28BrN3O5S/c1-17(24(31)27-20-9-2-3-10-20)28(16-18-7-6-8-19(26)15-18)23(30)13-14-29-25(32)21-11-4-5-12-22(21)35(29,33)34/h4-8,11-12,15,17,20H,2-3,9-10,13-14,16H2,1H3,(H,27,31)/t17-/m0/s1. The van der Waals surface area contributed by atoms with E-state index in [1.165, 1.54) is 17.0 Å². The third-order valence-electron chi connectivity index (χ3n) is 6.55. The zero-order valence-electron chi connectivity index (χ0n) is 19.4. The smallest absolute Gasteiger partial charge is 0.269 e. The zero-order chi connectivity index (χ0) is 25.2. The number of nitrogens with one attached hydrogen (secondary N) is 1. The molecule has 1 atom stereocenters. The first kappa shape index (κ1) is 25.4. The van der Waals surface area contributed by atoms with Crippen LogP contribution in [0.4, 0.5) is 0 Å². The molecule has 1 N–H and O–H groups in total. The van der Waals surface area contributed by atoms with Gasteiger partial charge in [0.05, 0.1) is 5.56 Å². The molecule has 186 valence electrons. The second kappa shape index (κ2) is 10.5. The first-order valence-electron chi connectivity index (χ1n) is 11.7. The lowest BCUT2D eigenvalue weighted by Gasteiger charge is -2.30. The fourth-order valence-electron chi connectivity index (χ4n) is 4.60. The van der Waals surface area contributed by atoms with E-state index < -0.39 is 27.9 Å². The molecule has 0 bridgehead atoms. The number of fused-ring (bicyclic) bond motifs is 1. The lowest BCUT2D eigenvalue weighted by Crippen LogP contribution is -2.50. The summed E-state index contributed by atoms with van der Waals surface area (Å²) in [5.74, 6) is -1.28. The topological polar surface area (TPSA) is 104 Å². The first-order chi connectivity index (χ1) is 16.7. The number of carbonyl (C=O) groups is 3. The number of amides is 3. The number of benzene rings is 2. The Balaban J connectivity index is 1.50. The summed E-state index contributed by atoms with van der Waals surface area (Å²) in [7, 11) is -4.01. The van der Waals surface area contributed by atoms with E-state index in [0.29, 0.717) is 0 Å². The second-order valence-corrected chi connectivity index (χ2v) is 11.7. The monoisotopic (exact) mass is 561 g/mol. The van der Waals surface area contributed by atoms with E-state index in [0.717, 1.165) is 40.0 Å². The molecular formula is C25H28BrN3O5S. The van der Waals surface area contributed by atoms with Crippen LogP contribution in [0, 0.1) is 0 Å². The fraction of sp³-hybridized carbons (Fsp3) is 0.400. The van der Waals surface area contributed by atoms with Crippen LogP contribution in [0.5, 0.6) is 0 Å². The quantitative estimate of drug-likeness (QED) is 0.531. The van der Waals surface area contributed by atoms with Gasteiger partial charge in [-0.15, -0.1) is 0 Å². The van der Waals surface area contributed by atoms with Gasteiger partial charge in [0, 0.05) is 30.0 Å². The Morgan fingerprint density at radius 1 is 1.14 bits per heavy atom. The van der Waals surface area contributed by atoms with Crippen molar-refractivity contribution in [2.75, 3.05) is 6.54 Å². The summed E-state index contributed by atoms with van der Waals surface area (Å²) in [5.41, 5.74) is 0.931. The molecule has 2 aliphatic rings. The van der Waals surface area contributed by atoms with Crippen molar-refractivity contribution < 1.29 is 22.8 Å². The molecule has 35 heavy (non-hydrogen) atoms. The van der Waals surface area contributed by atoms with Crippen LogP contribution < -0.4 is 5.32 Å². The van der Waals surface area contributed by atoms with E-state index in [-0.39, 0.29) is 41.9 Å². The summed E-state index contributed by atoms with van der Waals surface area (Å²) < 4.78 is 27.3. The van der Waals surface area contributed by atoms with Gasteiger partial charge in [-0.3, -0.25) is 14.4 Å². The van der Waals surface area contributed by atoms with Crippen LogP contribution in [0.1, 0.15) is 54.9 Å². The van der Waals surface area contributed by atoms with Crippen molar-refractivity contribution >= 4 is 43.7 Å². The van der Waals surface area contributed by atoms with Crippen LogP contribution in [0.2, 0.25) is 0 Å². The van der Waals surface area contributed by atoms with Gasteiger partial charge in [-0.1, -0.05) is 53.0 Å². The molecule has 1 fully saturated rings. The van der Waals surface area contributed by atoms with Gasteiger partial charge in [-0.2, -0.15) is 0 Å². The van der Waals surface area contributed by atoms with Crippen LogP contribution in [0.25, 0.3) is 0 Å². The third kappa shape index (κ3) is 5.43. The van der Waals surface area contributed by atoms with Crippen molar-refractivity contribution in [1.82, 2.24) is 14.5 Å². The van der Waals surface area contributed by atoms with Crippen LogP contribution in [-0.2, 0) is 26.2 Å². The Morgan fingerprint density at radius 2 is 1.86 bits per heavy atom. The summed E-state index contributed by atoms with van der Waals surface area (Å²) in [6, 6.07) is 12.8. The number of hydrogen-bond acceptors (Lipinski definition) is 5. The SMILES string of the molecule is C[C@@H](C(=O)NC1CCCC1)N(Cc1cccc(Br)c1)C(=O)CCN1C(=O)c2ccccc2S1(=O)=O. The van der Waals surface area contributed by atoms with Gasteiger partial charge in [-0.25, -0.2) is 12.7 Å². The van der Waals surface area contributed by atoms with Crippen molar-refractivity contribution in [2.45, 2.75) is 62.6 Å². The molecule has 0 spiro atoms. The molecule has 1 heterocycles. The molecule has 8 nitrogen and oxygen atoms in total. The molecule has 1 saturated carbocycles. The molecule has 0 saturated heterocycles. The third-order valence-corrected chi connectivity index (χ3v) is 8.89. The number of carbonyl (C=O) groups excluding carboxylic acids is 3. The van der Waals surface area contributed by atoms with Gasteiger partial charge < -0.3 is 10.2 Å². The van der Waals surface area contributed by atoms with Crippen molar-refractivity contribution in [1.29, 1.82) is 0 Å². The second-order valence-electron chi connectivity index (χ2n) is 8.95.